The van der Waals surface area contributed by atoms with Crippen LogP contribution in [0.4, 0.5) is 5.13 Å². The van der Waals surface area contributed by atoms with Gasteiger partial charge in [0.1, 0.15) is 9.84 Å². The molecule has 0 bridgehead atoms. The Labute approximate surface area is 104 Å². The maximum Gasteiger partial charge on any atom is 0.311 e. The van der Waals surface area contributed by atoms with Crippen LogP contribution in [0.15, 0.2) is 5.38 Å². The summed E-state index contributed by atoms with van der Waals surface area (Å²) in [6.45, 7) is 0.310. The highest BCUT2D eigenvalue weighted by Gasteiger charge is 2.08. The highest BCUT2D eigenvalue weighted by molar-refractivity contribution is 7.90. The molecule has 0 saturated carbocycles. The number of nitrogens with one attached hydrogen (secondary N) is 1. The lowest BCUT2D eigenvalue weighted by Gasteiger charge is -2.00. The zero-order chi connectivity index (χ0) is 12.9. The molecule has 0 aliphatic carbocycles. The minimum Gasteiger partial charge on any atom is -0.469 e. The second-order valence-electron chi connectivity index (χ2n) is 3.45. The van der Waals surface area contributed by atoms with Gasteiger partial charge in [-0.1, -0.05) is 0 Å². The summed E-state index contributed by atoms with van der Waals surface area (Å²) in [5.41, 5.74) is 0.615. The first-order valence-electron chi connectivity index (χ1n) is 4.83. The number of rotatable bonds is 6. The van der Waals surface area contributed by atoms with Crippen LogP contribution in [0.1, 0.15) is 5.69 Å². The summed E-state index contributed by atoms with van der Waals surface area (Å²) >= 11 is 1.33. The van der Waals surface area contributed by atoms with Gasteiger partial charge in [0, 0.05) is 18.2 Å². The number of hydrogen-bond donors (Lipinski definition) is 1. The Kier molecular flexibility index (Phi) is 4.88. The molecule has 0 unspecified atom stereocenters. The minimum absolute atomic E-state index is 0.0545. The van der Waals surface area contributed by atoms with Crippen LogP contribution in [0, 0.1) is 0 Å². The van der Waals surface area contributed by atoms with Crippen LogP contribution >= 0.6 is 11.3 Å². The first kappa shape index (κ1) is 13.9. The van der Waals surface area contributed by atoms with Crippen LogP contribution in [-0.2, 0) is 25.8 Å². The largest absolute Gasteiger partial charge is 0.469 e. The summed E-state index contributed by atoms with van der Waals surface area (Å²) in [5.74, 6) is -0.295. The predicted octanol–water partition coefficient (Wildman–Crippen LogP) is 0.315. The molecule has 1 aromatic rings. The number of anilines is 1. The minimum atomic E-state index is -2.97. The smallest absolute Gasteiger partial charge is 0.311 e. The second-order valence-corrected chi connectivity index (χ2v) is 6.57. The normalized spacial score (nSPS) is 11.2. The van der Waals surface area contributed by atoms with Crippen molar-refractivity contribution in [2.75, 3.05) is 31.0 Å². The predicted molar refractivity (Wildman–Crippen MR) is 66.0 cm³/mol. The van der Waals surface area contributed by atoms with Gasteiger partial charge in [-0.05, 0) is 0 Å². The molecule has 0 aliphatic heterocycles. The lowest BCUT2D eigenvalue weighted by atomic mass is 10.3. The molecule has 17 heavy (non-hydrogen) atoms. The van der Waals surface area contributed by atoms with E-state index in [1.165, 1.54) is 24.7 Å². The first-order valence-corrected chi connectivity index (χ1v) is 7.77. The van der Waals surface area contributed by atoms with E-state index in [1.807, 2.05) is 0 Å². The number of ether oxygens (including phenoxy) is 1. The lowest BCUT2D eigenvalue weighted by Crippen LogP contribution is -2.14. The number of hydrogen-bond acceptors (Lipinski definition) is 7. The third-order valence-electron chi connectivity index (χ3n) is 1.85. The van der Waals surface area contributed by atoms with E-state index in [0.717, 1.165) is 0 Å². The highest BCUT2D eigenvalue weighted by atomic mass is 32.2. The summed E-state index contributed by atoms with van der Waals surface area (Å²) in [7, 11) is -1.65. The van der Waals surface area contributed by atoms with Crippen molar-refractivity contribution in [2.24, 2.45) is 0 Å². The van der Waals surface area contributed by atoms with Crippen LogP contribution in [0.3, 0.4) is 0 Å². The van der Waals surface area contributed by atoms with Gasteiger partial charge in [-0.3, -0.25) is 4.79 Å². The van der Waals surface area contributed by atoms with Crippen LogP contribution in [0.25, 0.3) is 0 Å². The average Bonchev–Trinajstić information content (AvgIpc) is 2.63. The SMILES string of the molecule is COC(=O)Cc1csc(NCCS(C)(=O)=O)n1. The van der Waals surface area contributed by atoms with Crippen molar-refractivity contribution in [3.63, 3.8) is 0 Å². The average molecular weight is 278 g/mol. The summed E-state index contributed by atoms with van der Waals surface area (Å²) in [4.78, 5) is 15.1. The molecule has 0 radical (unpaired) electrons. The van der Waals surface area contributed by atoms with Crippen molar-refractivity contribution in [1.82, 2.24) is 4.98 Å². The van der Waals surface area contributed by atoms with Crippen molar-refractivity contribution < 1.29 is 17.9 Å². The fourth-order valence-electron chi connectivity index (χ4n) is 1.03. The number of thiazole rings is 1. The van der Waals surface area contributed by atoms with Gasteiger partial charge in [0.15, 0.2) is 5.13 Å². The quantitative estimate of drug-likeness (QED) is 0.754. The van der Waals surface area contributed by atoms with E-state index in [1.54, 1.807) is 5.38 Å². The van der Waals surface area contributed by atoms with Gasteiger partial charge in [-0.25, -0.2) is 13.4 Å². The Morgan fingerprint density at radius 1 is 1.59 bits per heavy atom. The number of methoxy groups -OCH3 is 1. The van der Waals surface area contributed by atoms with Gasteiger partial charge in [0.25, 0.3) is 0 Å². The van der Waals surface area contributed by atoms with Gasteiger partial charge >= 0.3 is 5.97 Å². The molecule has 8 heteroatoms. The third-order valence-corrected chi connectivity index (χ3v) is 3.65. The van der Waals surface area contributed by atoms with Crippen molar-refractivity contribution in [2.45, 2.75) is 6.42 Å². The number of esters is 1. The van der Waals surface area contributed by atoms with Gasteiger partial charge < -0.3 is 10.1 Å². The fourth-order valence-corrected chi connectivity index (χ4v) is 2.24. The molecule has 1 aromatic heterocycles. The molecule has 1 N–H and O–H groups in total. The Balaban J connectivity index is 2.43. The first-order chi connectivity index (χ1) is 7.90. The molecule has 0 aromatic carbocycles. The molecule has 0 spiro atoms. The zero-order valence-electron chi connectivity index (χ0n) is 9.60. The van der Waals surface area contributed by atoms with Gasteiger partial charge in [0.2, 0.25) is 0 Å². The van der Waals surface area contributed by atoms with E-state index in [-0.39, 0.29) is 18.1 Å². The topological polar surface area (TPSA) is 85.4 Å². The molecule has 0 saturated heterocycles. The van der Waals surface area contributed by atoms with E-state index in [0.29, 0.717) is 17.4 Å². The van der Waals surface area contributed by atoms with Crippen LogP contribution in [0.2, 0.25) is 0 Å². The maximum absolute atomic E-state index is 11.0. The zero-order valence-corrected chi connectivity index (χ0v) is 11.2. The second kappa shape index (κ2) is 5.97. The molecule has 0 amide bonds. The number of aromatic nitrogens is 1. The standard InChI is InChI=1S/C9H14N2O4S2/c1-15-8(12)5-7-6-16-9(11-7)10-3-4-17(2,13)14/h6H,3-5H2,1-2H3,(H,10,11). The molecule has 0 atom stereocenters. The molecule has 0 aliphatic rings. The molecule has 96 valence electrons. The molecule has 0 fully saturated rings. The summed E-state index contributed by atoms with van der Waals surface area (Å²) < 4.78 is 26.3. The Morgan fingerprint density at radius 2 is 2.29 bits per heavy atom. The van der Waals surface area contributed by atoms with Crippen molar-refractivity contribution in [1.29, 1.82) is 0 Å². The summed E-state index contributed by atoms with van der Waals surface area (Å²) in [5, 5.41) is 5.23. The van der Waals surface area contributed by atoms with Gasteiger partial charge in [0.05, 0.1) is 25.0 Å². The van der Waals surface area contributed by atoms with E-state index in [9.17, 15) is 13.2 Å². The Morgan fingerprint density at radius 3 is 2.88 bits per heavy atom. The van der Waals surface area contributed by atoms with Crippen LogP contribution < -0.4 is 5.32 Å². The molecule has 6 nitrogen and oxygen atoms in total. The Bertz CT molecular complexity index is 481. The maximum atomic E-state index is 11.0. The van der Waals surface area contributed by atoms with Crippen LogP contribution in [0.5, 0.6) is 0 Å². The monoisotopic (exact) mass is 278 g/mol. The van der Waals surface area contributed by atoms with E-state index < -0.39 is 9.84 Å². The third kappa shape index (κ3) is 5.64. The molecular formula is C9H14N2O4S2. The number of carbonyl (C=O) groups is 1. The van der Waals surface area contributed by atoms with E-state index >= 15 is 0 Å². The highest BCUT2D eigenvalue weighted by Crippen LogP contribution is 2.15. The number of carbonyl (C=O) groups excluding carboxylic acids is 1. The molecule has 1 rings (SSSR count). The summed E-state index contributed by atoms with van der Waals surface area (Å²) in [6.07, 6.45) is 1.31. The van der Waals surface area contributed by atoms with E-state index in [2.05, 4.69) is 15.0 Å². The summed E-state index contributed by atoms with van der Waals surface area (Å²) in [6, 6.07) is 0. The Hall–Kier alpha value is -1.15. The van der Waals surface area contributed by atoms with Crippen molar-refractivity contribution in [3.8, 4) is 0 Å². The fraction of sp³-hybridized carbons (Fsp3) is 0.556. The van der Waals surface area contributed by atoms with E-state index in [4.69, 9.17) is 0 Å². The van der Waals surface area contributed by atoms with Gasteiger partial charge in [-0.2, -0.15) is 0 Å². The number of sulfone groups is 1. The van der Waals surface area contributed by atoms with Gasteiger partial charge in [-0.15, -0.1) is 11.3 Å². The number of nitrogens with zero attached hydrogens (tertiary/aromatic N) is 1. The molecule has 1 heterocycles. The van der Waals surface area contributed by atoms with Crippen LogP contribution in [-0.4, -0.2) is 45.0 Å². The lowest BCUT2D eigenvalue weighted by molar-refractivity contribution is -0.139. The van der Waals surface area contributed by atoms with Crippen molar-refractivity contribution >= 4 is 32.3 Å². The van der Waals surface area contributed by atoms with Crippen molar-refractivity contribution in [3.05, 3.63) is 11.1 Å². The molecular weight excluding hydrogens is 264 g/mol.